The molecule has 0 aliphatic carbocycles. The van der Waals surface area contributed by atoms with E-state index in [1.165, 1.54) is 0 Å². The number of nitrogens with one attached hydrogen (secondary N) is 1. The second-order valence-corrected chi connectivity index (χ2v) is 8.82. The molecule has 0 unspecified atom stereocenters. The molecule has 148 valence electrons. The maximum absolute atomic E-state index is 8.91. The van der Waals surface area contributed by atoms with Crippen molar-refractivity contribution in [2.45, 2.75) is 64.8 Å². The molecule has 1 aliphatic rings. The normalized spacial score (nSPS) is 15.5. The van der Waals surface area contributed by atoms with E-state index in [2.05, 4.69) is 62.0 Å². The van der Waals surface area contributed by atoms with Crippen LogP contribution in [0.3, 0.4) is 0 Å². The molecule has 1 fully saturated rings. The number of rotatable bonds is 4. The number of piperidine rings is 1. The molecule has 3 rings (SSSR count). The molecule has 0 radical (unpaired) electrons. The molecule has 0 bridgehead atoms. The summed E-state index contributed by atoms with van der Waals surface area (Å²) in [6.45, 7) is 12.7. The van der Waals surface area contributed by atoms with Gasteiger partial charge < -0.3 is 10.2 Å². The second kappa shape index (κ2) is 8.14. The average molecular weight is 379 g/mol. The molecule has 0 saturated carbocycles. The Morgan fingerprint density at radius 2 is 1.89 bits per heavy atom. The summed E-state index contributed by atoms with van der Waals surface area (Å²) in [4.78, 5) is 16.2. The van der Waals surface area contributed by atoms with E-state index in [0.29, 0.717) is 17.5 Å². The summed E-state index contributed by atoms with van der Waals surface area (Å²) in [5, 5.41) is 12.6. The fraction of sp³-hybridized carbons (Fsp3) is 0.545. The molecule has 1 saturated heterocycles. The van der Waals surface area contributed by atoms with Crippen molar-refractivity contribution in [1.29, 1.82) is 5.26 Å². The first-order valence-electron chi connectivity index (χ1n) is 10.0. The van der Waals surface area contributed by atoms with Crippen molar-refractivity contribution >= 4 is 11.6 Å². The Balaban J connectivity index is 1.67. The molecule has 6 nitrogen and oxygen atoms in total. The summed E-state index contributed by atoms with van der Waals surface area (Å²) in [5.41, 5.74) is 1.67. The van der Waals surface area contributed by atoms with E-state index in [9.17, 15) is 0 Å². The van der Waals surface area contributed by atoms with Crippen molar-refractivity contribution in [3.8, 4) is 6.07 Å². The summed E-state index contributed by atoms with van der Waals surface area (Å²) in [6, 6.07) is 8.36. The quantitative estimate of drug-likeness (QED) is 0.857. The van der Waals surface area contributed by atoms with Crippen LogP contribution >= 0.6 is 0 Å². The van der Waals surface area contributed by atoms with Gasteiger partial charge in [-0.05, 0) is 25.0 Å². The zero-order valence-corrected chi connectivity index (χ0v) is 17.5. The predicted molar refractivity (Wildman–Crippen MR) is 113 cm³/mol. The monoisotopic (exact) mass is 378 g/mol. The van der Waals surface area contributed by atoms with Crippen LogP contribution in [0, 0.1) is 11.3 Å². The van der Waals surface area contributed by atoms with Gasteiger partial charge in [0.05, 0.1) is 11.3 Å². The third-order valence-corrected chi connectivity index (χ3v) is 5.08. The van der Waals surface area contributed by atoms with Crippen molar-refractivity contribution in [3.05, 3.63) is 41.5 Å². The van der Waals surface area contributed by atoms with Gasteiger partial charge in [-0.3, -0.25) is 0 Å². The standard InChI is InChI=1S/C22H30N6/c1-15(2)21-26-18(22(3,4)5)12-19(27-21)25-17-8-10-28(11-9-17)20-7-6-16(13-23)14-24-20/h6-7,12,14-15,17H,8-11H2,1-5H3,(H,25,26,27). The highest BCUT2D eigenvalue weighted by Crippen LogP contribution is 2.26. The number of hydrogen-bond donors (Lipinski definition) is 1. The van der Waals surface area contributed by atoms with Gasteiger partial charge in [0.1, 0.15) is 23.5 Å². The van der Waals surface area contributed by atoms with Crippen LogP contribution in [-0.2, 0) is 5.41 Å². The molecule has 28 heavy (non-hydrogen) atoms. The van der Waals surface area contributed by atoms with Crippen LogP contribution in [0.4, 0.5) is 11.6 Å². The third-order valence-electron chi connectivity index (χ3n) is 5.08. The zero-order valence-electron chi connectivity index (χ0n) is 17.5. The Bertz CT molecular complexity index is 837. The highest BCUT2D eigenvalue weighted by atomic mass is 15.2. The van der Waals surface area contributed by atoms with E-state index in [1.54, 1.807) is 6.20 Å². The summed E-state index contributed by atoms with van der Waals surface area (Å²) < 4.78 is 0. The van der Waals surface area contributed by atoms with E-state index in [4.69, 9.17) is 15.2 Å². The Labute approximate surface area is 168 Å². The van der Waals surface area contributed by atoms with Crippen molar-refractivity contribution in [2.24, 2.45) is 0 Å². The molecule has 2 aromatic heterocycles. The predicted octanol–water partition coefficient (Wildman–Crippen LogP) is 4.25. The van der Waals surface area contributed by atoms with Crippen LogP contribution in [-0.4, -0.2) is 34.1 Å². The first-order chi connectivity index (χ1) is 13.3. The zero-order chi connectivity index (χ0) is 20.3. The molecular weight excluding hydrogens is 348 g/mol. The molecule has 1 N–H and O–H groups in total. The lowest BCUT2D eigenvalue weighted by atomic mass is 9.91. The highest BCUT2D eigenvalue weighted by molar-refractivity contribution is 5.44. The fourth-order valence-electron chi connectivity index (χ4n) is 3.28. The van der Waals surface area contributed by atoms with Crippen molar-refractivity contribution in [2.75, 3.05) is 23.3 Å². The number of hydrogen-bond acceptors (Lipinski definition) is 6. The minimum absolute atomic E-state index is 0.00632. The van der Waals surface area contributed by atoms with Gasteiger partial charge in [-0.2, -0.15) is 5.26 Å². The first-order valence-corrected chi connectivity index (χ1v) is 10.0. The third kappa shape index (κ3) is 4.78. The molecule has 1 aliphatic heterocycles. The van der Waals surface area contributed by atoms with E-state index in [0.717, 1.165) is 49.1 Å². The largest absolute Gasteiger partial charge is 0.367 e. The number of nitriles is 1. The SMILES string of the molecule is CC(C)c1nc(NC2CCN(c3ccc(C#N)cn3)CC2)cc(C(C)(C)C)n1. The van der Waals surface area contributed by atoms with Crippen LogP contribution < -0.4 is 10.2 Å². The summed E-state index contributed by atoms with van der Waals surface area (Å²) in [7, 11) is 0. The van der Waals surface area contributed by atoms with Gasteiger partial charge in [0.2, 0.25) is 0 Å². The number of nitrogens with zero attached hydrogens (tertiary/aromatic N) is 5. The van der Waals surface area contributed by atoms with Gasteiger partial charge in [-0.15, -0.1) is 0 Å². The van der Waals surface area contributed by atoms with Gasteiger partial charge in [-0.25, -0.2) is 15.0 Å². The Kier molecular flexibility index (Phi) is 5.83. The lowest BCUT2D eigenvalue weighted by Gasteiger charge is -2.33. The number of pyridine rings is 1. The van der Waals surface area contributed by atoms with Gasteiger partial charge in [0, 0.05) is 42.7 Å². The van der Waals surface area contributed by atoms with E-state index >= 15 is 0 Å². The van der Waals surface area contributed by atoms with Crippen LogP contribution in [0.2, 0.25) is 0 Å². The number of anilines is 2. The summed E-state index contributed by atoms with van der Waals surface area (Å²) >= 11 is 0. The Hall–Kier alpha value is -2.68. The van der Waals surface area contributed by atoms with Crippen LogP contribution in [0.5, 0.6) is 0 Å². The lowest BCUT2D eigenvalue weighted by Crippen LogP contribution is -2.39. The Morgan fingerprint density at radius 1 is 1.18 bits per heavy atom. The molecule has 0 atom stereocenters. The molecule has 0 aromatic carbocycles. The van der Waals surface area contributed by atoms with Gasteiger partial charge in [0.15, 0.2) is 0 Å². The molecule has 2 aromatic rings. The minimum Gasteiger partial charge on any atom is -0.367 e. The molecule has 3 heterocycles. The minimum atomic E-state index is -0.00632. The Morgan fingerprint density at radius 3 is 2.43 bits per heavy atom. The van der Waals surface area contributed by atoms with Gasteiger partial charge >= 0.3 is 0 Å². The maximum Gasteiger partial charge on any atom is 0.133 e. The maximum atomic E-state index is 8.91. The van der Waals surface area contributed by atoms with Gasteiger partial charge in [0.25, 0.3) is 0 Å². The van der Waals surface area contributed by atoms with Crippen molar-refractivity contribution < 1.29 is 0 Å². The second-order valence-electron chi connectivity index (χ2n) is 8.82. The molecule has 0 amide bonds. The number of aromatic nitrogens is 3. The van der Waals surface area contributed by atoms with Gasteiger partial charge in [-0.1, -0.05) is 34.6 Å². The smallest absolute Gasteiger partial charge is 0.133 e. The van der Waals surface area contributed by atoms with Crippen LogP contribution in [0.15, 0.2) is 24.4 Å². The summed E-state index contributed by atoms with van der Waals surface area (Å²) in [6.07, 6.45) is 3.68. The average Bonchev–Trinajstić information content (AvgIpc) is 2.68. The fourth-order valence-corrected chi connectivity index (χ4v) is 3.28. The topological polar surface area (TPSA) is 77.7 Å². The lowest BCUT2D eigenvalue weighted by molar-refractivity contribution is 0.520. The first kappa shape index (κ1) is 20.1. The van der Waals surface area contributed by atoms with Crippen LogP contribution in [0.1, 0.15) is 70.5 Å². The van der Waals surface area contributed by atoms with Crippen LogP contribution in [0.25, 0.3) is 0 Å². The van der Waals surface area contributed by atoms with E-state index in [-0.39, 0.29) is 5.41 Å². The highest BCUT2D eigenvalue weighted by Gasteiger charge is 2.23. The molecule has 0 spiro atoms. The molecular formula is C22H30N6. The van der Waals surface area contributed by atoms with Crippen molar-refractivity contribution in [1.82, 2.24) is 15.0 Å². The van der Waals surface area contributed by atoms with E-state index < -0.39 is 0 Å². The van der Waals surface area contributed by atoms with Crippen molar-refractivity contribution in [3.63, 3.8) is 0 Å². The molecule has 6 heteroatoms. The van der Waals surface area contributed by atoms with E-state index in [1.807, 2.05) is 12.1 Å². The summed E-state index contributed by atoms with van der Waals surface area (Å²) in [5.74, 6) is 3.07.